The summed E-state index contributed by atoms with van der Waals surface area (Å²) in [5.41, 5.74) is 0.866. The van der Waals surface area contributed by atoms with E-state index in [9.17, 15) is 0 Å². The highest BCUT2D eigenvalue weighted by Crippen LogP contribution is 2.36. The van der Waals surface area contributed by atoms with Gasteiger partial charge in [-0.3, -0.25) is 0 Å². The van der Waals surface area contributed by atoms with Crippen LogP contribution in [0.5, 0.6) is 0 Å². The van der Waals surface area contributed by atoms with E-state index in [2.05, 4.69) is 25.7 Å². The molecule has 0 radical (unpaired) electrons. The first-order valence-corrected chi connectivity index (χ1v) is 6.58. The molecule has 0 aromatic carbocycles. The van der Waals surface area contributed by atoms with Crippen LogP contribution in [-0.2, 0) is 5.75 Å². The van der Waals surface area contributed by atoms with Gasteiger partial charge in [-0.15, -0.1) is 10.2 Å². The second-order valence-electron chi connectivity index (χ2n) is 3.77. The van der Waals surface area contributed by atoms with Crippen LogP contribution in [-0.4, -0.2) is 30.4 Å². The first kappa shape index (κ1) is 10.9. The standard InChI is InChI=1S/C9H9ClN6S/c10-8-4-1-6(11-12-8)5-17-9-13-14-15-16(9)7-2-3-7/h1,4,7H,2-3,5H2. The molecule has 0 unspecified atom stereocenters. The highest BCUT2D eigenvalue weighted by Gasteiger charge is 2.27. The van der Waals surface area contributed by atoms with E-state index >= 15 is 0 Å². The molecule has 8 heteroatoms. The molecule has 1 aliphatic carbocycles. The molecule has 0 saturated heterocycles. The molecule has 1 fully saturated rings. The SMILES string of the molecule is Clc1ccc(CSc2nnnn2C2CC2)nn1. The first-order valence-electron chi connectivity index (χ1n) is 5.22. The molecule has 0 spiro atoms. The van der Waals surface area contributed by atoms with Gasteiger partial charge in [0.2, 0.25) is 5.16 Å². The first-order chi connectivity index (χ1) is 8.33. The van der Waals surface area contributed by atoms with Crippen LogP contribution in [0.3, 0.4) is 0 Å². The average molecular weight is 269 g/mol. The lowest BCUT2D eigenvalue weighted by atomic mass is 10.4. The van der Waals surface area contributed by atoms with E-state index in [1.807, 2.05) is 10.7 Å². The van der Waals surface area contributed by atoms with Crippen molar-refractivity contribution < 1.29 is 0 Å². The highest BCUT2D eigenvalue weighted by molar-refractivity contribution is 7.98. The van der Waals surface area contributed by atoms with Gasteiger partial charge in [0.1, 0.15) is 0 Å². The molecule has 0 amide bonds. The van der Waals surface area contributed by atoms with Crippen molar-refractivity contribution in [3.8, 4) is 0 Å². The number of hydrogen-bond donors (Lipinski definition) is 0. The lowest BCUT2D eigenvalue weighted by molar-refractivity contribution is 0.565. The van der Waals surface area contributed by atoms with Crippen LogP contribution in [0.25, 0.3) is 0 Å². The summed E-state index contributed by atoms with van der Waals surface area (Å²) in [5.74, 6) is 0.692. The topological polar surface area (TPSA) is 69.4 Å². The molecule has 2 aromatic rings. The summed E-state index contributed by atoms with van der Waals surface area (Å²) in [6.45, 7) is 0. The van der Waals surface area contributed by atoms with Crippen molar-refractivity contribution >= 4 is 23.4 Å². The van der Waals surface area contributed by atoms with E-state index in [-0.39, 0.29) is 0 Å². The number of rotatable bonds is 4. The van der Waals surface area contributed by atoms with Gasteiger partial charge in [-0.05, 0) is 35.4 Å². The number of nitrogens with zero attached hydrogens (tertiary/aromatic N) is 6. The van der Waals surface area contributed by atoms with Gasteiger partial charge in [0.15, 0.2) is 5.15 Å². The van der Waals surface area contributed by atoms with Gasteiger partial charge in [-0.25, -0.2) is 4.68 Å². The van der Waals surface area contributed by atoms with Crippen LogP contribution in [0.1, 0.15) is 24.6 Å². The molecule has 0 bridgehead atoms. The van der Waals surface area contributed by atoms with E-state index in [1.54, 1.807) is 17.8 Å². The molecule has 0 N–H and O–H groups in total. The predicted molar refractivity (Wildman–Crippen MR) is 62.7 cm³/mol. The molecule has 6 nitrogen and oxygen atoms in total. The van der Waals surface area contributed by atoms with Gasteiger partial charge < -0.3 is 0 Å². The Hall–Kier alpha value is -1.21. The Morgan fingerprint density at radius 2 is 2.18 bits per heavy atom. The van der Waals surface area contributed by atoms with Crippen molar-refractivity contribution in [2.24, 2.45) is 0 Å². The number of halogens is 1. The summed E-state index contributed by atoms with van der Waals surface area (Å²) >= 11 is 7.23. The fourth-order valence-electron chi connectivity index (χ4n) is 1.39. The monoisotopic (exact) mass is 268 g/mol. The van der Waals surface area contributed by atoms with Crippen LogP contribution in [0.2, 0.25) is 5.15 Å². The third-order valence-corrected chi connectivity index (χ3v) is 3.56. The minimum atomic E-state index is 0.404. The van der Waals surface area contributed by atoms with Crippen LogP contribution < -0.4 is 0 Å². The summed E-state index contributed by atoms with van der Waals surface area (Å²) in [7, 11) is 0. The van der Waals surface area contributed by atoms with Crippen molar-refractivity contribution in [2.45, 2.75) is 29.8 Å². The van der Waals surface area contributed by atoms with Gasteiger partial charge in [-0.1, -0.05) is 23.4 Å². The zero-order valence-electron chi connectivity index (χ0n) is 8.82. The normalized spacial score (nSPS) is 15.1. The van der Waals surface area contributed by atoms with Crippen LogP contribution in [0.4, 0.5) is 0 Å². The molecule has 1 saturated carbocycles. The van der Waals surface area contributed by atoms with Crippen molar-refractivity contribution in [1.82, 2.24) is 30.4 Å². The third-order valence-electron chi connectivity index (χ3n) is 2.39. The minimum Gasteiger partial charge on any atom is -0.217 e. The molecule has 2 heterocycles. The molecule has 3 rings (SSSR count). The number of aromatic nitrogens is 6. The van der Waals surface area contributed by atoms with Crippen LogP contribution in [0, 0.1) is 0 Å². The van der Waals surface area contributed by atoms with Gasteiger partial charge in [0.25, 0.3) is 0 Å². The van der Waals surface area contributed by atoms with E-state index in [1.165, 1.54) is 12.8 Å². The number of tetrazole rings is 1. The molecular formula is C9H9ClN6S. The van der Waals surface area contributed by atoms with Crippen molar-refractivity contribution in [1.29, 1.82) is 0 Å². The summed E-state index contributed by atoms with van der Waals surface area (Å²) in [6.07, 6.45) is 2.33. The Balaban J connectivity index is 1.67. The van der Waals surface area contributed by atoms with E-state index in [0.29, 0.717) is 16.9 Å². The fraction of sp³-hybridized carbons (Fsp3) is 0.444. The Morgan fingerprint density at radius 3 is 2.88 bits per heavy atom. The lowest BCUT2D eigenvalue weighted by Gasteiger charge is -2.01. The Morgan fingerprint density at radius 1 is 1.29 bits per heavy atom. The molecule has 2 aromatic heterocycles. The van der Waals surface area contributed by atoms with Gasteiger partial charge in [-0.2, -0.15) is 5.10 Å². The largest absolute Gasteiger partial charge is 0.217 e. The molecule has 88 valence electrons. The number of hydrogen-bond acceptors (Lipinski definition) is 6. The Labute approximate surface area is 107 Å². The van der Waals surface area contributed by atoms with Gasteiger partial charge in [0.05, 0.1) is 11.7 Å². The zero-order valence-corrected chi connectivity index (χ0v) is 10.4. The van der Waals surface area contributed by atoms with Gasteiger partial charge in [0, 0.05) is 5.75 Å². The van der Waals surface area contributed by atoms with Crippen molar-refractivity contribution in [3.63, 3.8) is 0 Å². The molecule has 1 aliphatic rings. The van der Waals surface area contributed by atoms with Crippen molar-refractivity contribution in [3.05, 3.63) is 23.0 Å². The molecule has 0 atom stereocenters. The zero-order chi connectivity index (χ0) is 11.7. The third kappa shape index (κ3) is 2.55. The maximum atomic E-state index is 5.67. The second-order valence-corrected chi connectivity index (χ2v) is 5.10. The van der Waals surface area contributed by atoms with Gasteiger partial charge >= 0.3 is 0 Å². The molecule has 0 aliphatic heterocycles. The predicted octanol–water partition coefficient (Wildman–Crippen LogP) is 1.74. The minimum absolute atomic E-state index is 0.404. The maximum absolute atomic E-state index is 5.67. The average Bonchev–Trinajstić information content (AvgIpc) is 3.08. The molecular weight excluding hydrogens is 260 g/mol. The summed E-state index contributed by atoms with van der Waals surface area (Å²) in [6, 6.07) is 4.07. The quantitative estimate of drug-likeness (QED) is 0.787. The lowest BCUT2D eigenvalue weighted by Crippen LogP contribution is -1.99. The van der Waals surface area contributed by atoms with Crippen molar-refractivity contribution in [2.75, 3.05) is 0 Å². The smallest absolute Gasteiger partial charge is 0.209 e. The summed E-state index contributed by atoms with van der Waals surface area (Å²) in [4.78, 5) is 0. The van der Waals surface area contributed by atoms with Crippen LogP contribution in [0.15, 0.2) is 17.3 Å². The fourth-order valence-corrected chi connectivity index (χ4v) is 2.33. The van der Waals surface area contributed by atoms with Crippen LogP contribution >= 0.6 is 23.4 Å². The maximum Gasteiger partial charge on any atom is 0.209 e. The Bertz CT molecular complexity index is 508. The van der Waals surface area contributed by atoms with E-state index < -0.39 is 0 Å². The second kappa shape index (κ2) is 4.58. The summed E-state index contributed by atoms with van der Waals surface area (Å²) < 4.78 is 1.88. The van der Waals surface area contributed by atoms with E-state index in [4.69, 9.17) is 11.6 Å². The highest BCUT2D eigenvalue weighted by atomic mass is 35.5. The summed E-state index contributed by atoms with van der Waals surface area (Å²) in [5, 5.41) is 20.7. The number of thioether (sulfide) groups is 1. The van der Waals surface area contributed by atoms with E-state index in [0.717, 1.165) is 10.9 Å². The Kier molecular flexibility index (Phi) is 2.94. The molecule has 17 heavy (non-hydrogen) atoms.